The van der Waals surface area contributed by atoms with Crippen LogP contribution in [0.1, 0.15) is 241 Å². The molecule has 544 valence electrons. The first-order valence-corrected chi connectivity index (χ1v) is 32.3. The van der Waals surface area contributed by atoms with Gasteiger partial charge in [0, 0.05) is 74.5 Å². The van der Waals surface area contributed by atoms with E-state index in [1.807, 2.05) is 65.2 Å². The predicted molar refractivity (Wildman–Crippen MR) is 370 cm³/mol. The van der Waals surface area contributed by atoms with Crippen molar-refractivity contribution in [3.05, 3.63) is 0 Å². The van der Waals surface area contributed by atoms with Gasteiger partial charge in [-0.2, -0.15) is 8.78 Å². The highest BCUT2D eigenvalue weighted by atomic mass is 19.3. The first kappa shape index (κ1) is 110. The minimum absolute atomic E-state index is 0.0139. The Labute approximate surface area is 565 Å². The van der Waals surface area contributed by atoms with E-state index in [1.165, 1.54) is 47.5 Å². The first-order chi connectivity index (χ1) is 43.2. The molecule has 0 radical (unpaired) electrons. The van der Waals surface area contributed by atoms with E-state index in [-0.39, 0.29) is 42.9 Å². The number of halogens is 16. The average molecular weight is 1360 g/mol. The van der Waals surface area contributed by atoms with Gasteiger partial charge in [-0.05, 0) is 103 Å². The summed E-state index contributed by atoms with van der Waals surface area (Å²) in [6, 6.07) is 0. The van der Waals surface area contributed by atoms with Gasteiger partial charge < -0.3 is 0 Å². The van der Waals surface area contributed by atoms with Crippen LogP contribution < -0.4 is 0 Å². The Kier molecular flexibility index (Phi) is 78.9. The summed E-state index contributed by atoms with van der Waals surface area (Å²) in [5, 5.41) is 0. The molecule has 0 N–H and O–H groups in total. The van der Waals surface area contributed by atoms with Crippen LogP contribution in [-0.4, -0.2) is 73.1 Å². The minimum atomic E-state index is -2.92. The maximum absolute atomic E-state index is 12.9. The molecule has 0 fully saturated rings. The second-order valence-electron chi connectivity index (χ2n) is 23.2. The summed E-state index contributed by atoms with van der Waals surface area (Å²) in [5.74, 6) is 6.03. The van der Waals surface area contributed by atoms with Crippen LogP contribution in [-0.2, 0) is 0 Å². The molecule has 0 saturated heterocycles. The van der Waals surface area contributed by atoms with E-state index < -0.39 is 115 Å². The van der Waals surface area contributed by atoms with Crippen molar-refractivity contribution in [3.63, 3.8) is 0 Å². The molecule has 0 aliphatic rings. The van der Waals surface area contributed by atoms with E-state index >= 15 is 0 Å². The van der Waals surface area contributed by atoms with Crippen molar-refractivity contribution in [1.29, 1.82) is 0 Å². The zero-order valence-corrected chi connectivity index (χ0v) is 60.5. The largest absolute Gasteiger partial charge is 0.310 e. The lowest BCUT2D eigenvalue weighted by molar-refractivity contribution is -0.0567. The van der Waals surface area contributed by atoms with Gasteiger partial charge in [-0.1, -0.05) is 134 Å². The fraction of sp³-hybridized carbons (Fsp3) is 0.744. The van der Waals surface area contributed by atoms with E-state index in [4.69, 9.17) is 57.8 Å². The van der Waals surface area contributed by atoms with Crippen molar-refractivity contribution in [2.24, 2.45) is 59.2 Å². The second kappa shape index (κ2) is 67.5. The molecule has 18 atom stereocenters. The average Bonchev–Trinajstić information content (AvgIpc) is 1.30. The molecular formula is C78H120F16. The monoisotopic (exact) mass is 1360 g/mol. The van der Waals surface area contributed by atoms with Gasteiger partial charge in [0.25, 0.3) is 11.8 Å². The third-order valence-electron chi connectivity index (χ3n) is 15.0. The van der Waals surface area contributed by atoms with Crippen molar-refractivity contribution >= 4 is 0 Å². The molecule has 0 aromatic heterocycles. The topological polar surface area (TPSA) is 0 Å². The summed E-state index contributed by atoms with van der Waals surface area (Å²) in [7, 11) is 0. The van der Waals surface area contributed by atoms with Gasteiger partial charge in [-0.25, -0.2) is 61.5 Å². The van der Waals surface area contributed by atoms with Gasteiger partial charge in [-0.3, -0.25) is 0 Å². The third-order valence-corrected chi connectivity index (χ3v) is 15.0. The number of terminal acetylenes is 10. The second-order valence-corrected chi connectivity index (χ2v) is 23.2. The summed E-state index contributed by atoms with van der Waals surface area (Å²) in [6.45, 7) is 32.4. The molecule has 0 aliphatic carbocycles. The highest BCUT2D eigenvalue weighted by Crippen LogP contribution is 2.32. The number of alkyl halides is 16. The van der Waals surface area contributed by atoms with Crippen LogP contribution in [0.15, 0.2) is 0 Å². The molecule has 0 aliphatic heterocycles. The molecule has 0 amide bonds. The number of rotatable bonds is 28. The van der Waals surface area contributed by atoms with Gasteiger partial charge in [0.1, 0.15) is 37.0 Å². The quantitative estimate of drug-likeness (QED) is 0.0541. The van der Waals surface area contributed by atoms with Crippen LogP contribution in [0.4, 0.5) is 70.2 Å². The third kappa shape index (κ3) is 67.9. The Morgan fingerprint density at radius 2 is 0.777 bits per heavy atom. The van der Waals surface area contributed by atoms with E-state index in [0.29, 0.717) is 44.9 Å². The van der Waals surface area contributed by atoms with Crippen molar-refractivity contribution < 1.29 is 70.2 Å². The molecule has 0 rings (SSSR count). The summed E-state index contributed by atoms with van der Waals surface area (Å²) in [4.78, 5) is 0. The molecular weight excluding hydrogens is 1240 g/mol. The van der Waals surface area contributed by atoms with Crippen molar-refractivity contribution in [3.8, 4) is 123 Å². The Morgan fingerprint density at radius 1 is 0.362 bits per heavy atom. The molecule has 94 heavy (non-hydrogen) atoms. The standard InChI is InChI=1S/3C9H14F2.2C9H15F.2C7H10F2.C7H11F.C6H8F2.C6H9F/c1-4-6-7-8(3)9(10,11)5-2;1-4-6-8(3)9(10,11)7-5-2;1-4-6-9(11)7(3)8(10)5-2;1-4-6-7-8(3)9(10)5-2;1-4-6-8(3)9(10)7-5-2;1-4-7(9)5(2)6(3)8;1-4-6(3)7(8,9)5-2;1-4-6(3)7(8)5-2;1-4-5(2)6(3,7)8;1-4-5(2)6(3)7/h1,8H,5-7H2,2-3H3;2,8H,4,6-7H2,1,3H3;1,7-9H,5-6H2,2-3H3;1,8-9H,5-7H2,2-3H3;2,8-9H,4,6-7H2,1,3H3;1,5-7H,2-3H3;2,6H,4H2,1,3H3;2,6-7H,4H2,1,3H3;1,5H,2-3H3;1,5-6H,2-3H3. The van der Waals surface area contributed by atoms with E-state index in [1.54, 1.807) is 41.5 Å². The zero-order valence-electron chi connectivity index (χ0n) is 60.5. The molecule has 0 aromatic carbocycles. The molecule has 0 heterocycles. The minimum Gasteiger partial charge on any atom is -0.247 e. The van der Waals surface area contributed by atoms with Crippen LogP contribution in [0, 0.1) is 183 Å². The Morgan fingerprint density at radius 3 is 1.02 bits per heavy atom. The van der Waals surface area contributed by atoms with Gasteiger partial charge in [0.2, 0.25) is 5.92 Å². The molecule has 16 heteroatoms. The van der Waals surface area contributed by atoms with Crippen molar-refractivity contribution in [1.82, 2.24) is 0 Å². The normalized spacial score (nSPS) is 16.1. The van der Waals surface area contributed by atoms with E-state index in [2.05, 4.69) is 42.9 Å². The lowest BCUT2D eigenvalue weighted by Crippen LogP contribution is -2.25. The van der Waals surface area contributed by atoms with Gasteiger partial charge in [-0.15, -0.1) is 99.8 Å². The summed E-state index contributed by atoms with van der Waals surface area (Å²) in [5.41, 5.74) is 0. The Balaban J connectivity index is -0.000000105. The maximum Gasteiger partial charge on any atom is 0.310 e. The summed E-state index contributed by atoms with van der Waals surface area (Å²) < 4.78 is 200. The van der Waals surface area contributed by atoms with Crippen LogP contribution >= 0.6 is 0 Å². The number of hydrogen-bond donors (Lipinski definition) is 0. The van der Waals surface area contributed by atoms with E-state index in [0.717, 1.165) is 39.0 Å². The van der Waals surface area contributed by atoms with Crippen LogP contribution in [0.2, 0.25) is 0 Å². The fourth-order valence-electron chi connectivity index (χ4n) is 5.99. The highest BCUT2D eigenvalue weighted by Gasteiger charge is 2.35. The van der Waals surface area contributed by atoms with Crippen molar-refractivity contribution in [2.75, 3.05) is 0 Å². The van der Waals surface area contributed by atoms with Crippen LogP contribution in [0.5, 0.6) is 0 Å². The summed E-state index contributed by atoms with van der Waals surface area (Å²) >= 11 is 0. The first-order valence-electron chi connectivity index (χ1n) is 32.3. The van der Waals surface area contributed by atoms with Gasteiger partial charge >= 0.3 is 5.92 Å². The molecule has 0 aromatic rings. The lowest BCUT2D eigenvalue weighted by Gasteiger charge is -2.21. The fourth-order valence-corrected chi connectivity index (χ4v) is 5.99. The SMILES string of the molecule is C#CC(C)C(C)(F)F.C#CC(C)C(C)F.C#CC(F)(F)C(C)CC.C#CC(F)C(C)C(C)F.C#CC(F)C(C)CC.C#CCC(F)(F)C(C)CCC.C#CCC(F)C(C)C(F)CC.C#CCC(F)C(C)CCC.C#CCCC(C)C(F)(F)CC.C#CCCC(C)C(F)CC. The highest BCUT2D eigenvalue weighted by molar-refractivity contribution is 5.03. The molecule has 0 bridgehead atoms. The van der Waals surface area contributed by atoms with Gasteiger partial charge in [0.15, 0.2) is 12.3 Å². The zero-order chi connectivity index (χ0) is 76.8. The molecule has 0 nitrogen and oxygen atoms in total. The lowest BCUT2D eigenvalue weighted by atomic mass is 9.96. The Bertz CT molecular complexity index is 2180. The summed E-state index contributed by atoms with van der Waals surface area (Å²) in [6.07, 6.45) is 47.7. The smallest absolute Gasteiger partial charge is 0.247 e. The van der Waals surface area contributed by atoms with Crippen LogP contribution in [0.3, 0.4) is 0 Å². The molecule has 0 saturated carbocycles. The van der Waals surface area contributed by atoms with Gasteiger partial charge in [0.05, 0.1) is 12.3 Å². The Hall–Kier alpha value is -5.52. The molecule has 0 spiro atoms. The predicted octanol–water partition coefficient (Wildman–Crippen LogP) is 24.2. The van der Waals surface area contributed by atoms with Crippen molar-refractivity contribution in [2.45, 2.75) is 314 Å². The molecule has 18 unspecified atom stereocenters. The van der Waals surface area contributed by atoms with Crippen LogP contribution in [0.25, 0.3) is 0 Å². The maximum atomic E-state index is 12.9. The van der Waals surface area contributed by atoms with E-state index in [9.17, 15) is 70.2 Å². The number of hydrogen-bond acceptors (Lipinski definition) is 0.